The number of amides is 1. The van der Waals surface area contributed by atoms with Crippen LogP contribution in [-0.4, -0.2) is 47.2 Å². The highest BCUT2D eigenvalue weighted by molar-refractivity contribution is 5.87. The van der Waals surface area contributed by atoms with Crippen molar-refractivity contribution >= 4 is 11.9 Å². The number of benzene rings is 1. The summed E-state index contributed by atoms with van der Waals surface area (Å²) in [5, 5.41) is 18.2. The molecule has 6 heteroatoms. The molecule has 1 heterocycles. The summed E-state index contributed by atoms with van der Waals surface area (Å²) in [7, 11) is 0. The SMILES string of the molecule is N#Cc1ccc(CC2OCCN(C(C(=O)O)C3CC3)C2=O)cc1. The van der Waals surface area contributed by atoms with E-state index in [2.05, 4.69) is 0 Å². The zero-order valence-corrected chi connectivity index (χ0v) is 12.6. The van der Waals surface area contributed by atoms with Crippen LogP contribution < -0.4 is 0 Å². The van der Waals surface area contributed by atoms with E-state index in [9.17, 15) is 14.7 Å². The van der Waals surface area contributed by atoms with Crippen molar-refractivity contribution in [2.45, 2.75) is 31.4 Å². The second-order valence-corrected chi connectivity index (χ2v) is 6.02. The minimum Gasteiger partial charge on any atom is -0.480 e. The van der Waals surface area contributed by atoms with E-state index >= 15 is 0 Å². The molecule has 0 aromatic heterocycles. The van der Waals surface area contributed by atoms with Crippen LogP contribution in [0.4, 0.5) is 0 Å². The van der Waals surface area contributed by atoms with Gasteiger partial charge in [0.25, 0.3) is 5.91 Å². The second-order valence-electron chi connectivity index (χ2n) is 6.02. The van der Waals surface area contributed by atoms with E-state index in [0.717, 1.165) is 18.4 Å². The Morgan fingerprint density at radius 3 is 2.65 bits per heavy atom. The number of hydrogen-bond donors (Lipinski definition) is 1. The number of carboxylic acid groups (broad SMARTS) is 1. The van der Waals surface area contributed by atoms with E-state index in [1.54, 1.807) is 24.3 Å². The Hall–Kier alpha value is -2.39. The topological polar surface area (TPSA) is 90.6 Å². The van der Waals surface area contributed by atoms with E-state index in [-0.39, 0.29) is 11.8 Å². The maximum Gasteiger partial charge on any atom is 0.326 e. The van der Waals surface area contributed by atoms with Gasteiger partial charge >= 0.3 is 5.97 Å². The molecule has 1 N–H and O–H groups in total. The molecule has 23 heavy (non-hydrogen) atoms. The molecular formula is C17H18N2O4. The largest absolute Gasteiger partial charge is 0.480 e. The van der Waals surface area contributed by atoms with Crippen LogP contribution >= 0.6 is 0 Å². The van der Waals surface area contributed by atoms with Crippen molar-refractivity contribution in [1.29, 1.82) is 5.26 Å². The molecule has 1 aliphatic heterocycles. The summed E-state index contributed by atoms with van der Waals surface area (Å²) in [6.45, 7) is 0.680. The number of nitrogens with zero attached hydrogens (tertiary/aromatic N) is 2. The van der Waals surface area contributed by atoms with Crippen LogP contribution in [0.25, 0.3) is 0 Å². The van der Waals surface area contributed by atoms with Gasteiger partial charge in [0.1, 0.15) is 12.1 Å². The van der Waals surface area contributed by atoms with Gasteiger partial charge in [0.2, 0.25) is 0 Å². The van der Waals surface area contributed by atoms with Gasteiger partial charge in [-0.1, -0.05) is 12.1 Å². The maximum absolute atomic E-state index is 12.6. The van der Waals surface area contributed by atoms with Gasteiger partial charge in [0, 0.05) is 13.0 Å². The molecule has 1 amide bonds. The summed E-state index contributed by atoms with van der Waals surface area (Å²) < 4.78 is 5.56. The Labute approximate surface area is 134 Å². The Bertz CT molecular complexity index is 646. The minimum atomic E-state index is -0.931. The van der Waals surface area contributed by atoms with Crippen LogP contribution in [0.1, 0.15) is 24.0 Å². The molecule has 6 nitrogen and oxygen atoms in total. The van der Waals surface area contributed by atoms with Crippen molar-refractivity contribution in [2.75, 3.05) is 13.2 Å². The van der Waals surface area contributed by atoms with Gasteiger partial charge in [0.05, 0.1) is 18.2 Å². The van der Waals surface area contributed by atoms with E-state index < -0.39 is 18.1 Å². The molecule has 1 saturated heterocycles. The molecule has 2 unspecified atom stereocenters. The van der Waals surface area contributed by atoms with Gasteiger partial charge in [-0.2, -0.15) is 5.26 Å². The molecule has 120 valence electrons. The average molecular weight is 314 g/mol. The number of hydrogen-bond acceptors (Lipinski definition) is 4. The molecule has 1 aromatic carbocycles. The van der Waals surface area contributed by atoms with Crippen molar-refractivity contribution in [2.24, 2.45) is 5.92 Å². The monoisotopic (exact) mass is 314 g/mol. The van der Waals surface area contributed by atoms with Gasteiger partial charge in [-0.15, -0.1) is 0 Å². The molecule has 0 spiro atoms. The van der Waals surface area contributed by atoms with Crippen LogP contribution in [0.3, 0.4) is 0 Å². The van der Waals surface area contributed by atoms with Crippen molar-refractivity contribution < 1.29 is 19.4 Å². The first-order valence-electron chi connectivity index (χ1n) is 7.74. The first-order chi connectivity index (χ1) is 11.1. The number of morpholine rings is 1. The van der Waals surface area contributed by atoms with Gasteiger partial charge < -0.3 is 14.7 Å². The summed E-state index contributed by atoms with van der Waals surface area (Å²) >= 11 is 0. The summed E-state index contributed by atoms with van der Waals surface area (Å²) in [6.07, 6.45) is 1.46. The zero-order valence-electron chi connectivity index (χ0n) is 12.6. The molecule has 1 aliphatic carbocycles. The van der Waals surface area contributed by atoms with Gasteiger partial charge in [-0.3, -0.25) is 4.79 Å². The summed E-state index contributed by atoms with van der Waals surface area (Å²) in [4.78, 5) is 25.6. The normalized spacial score (nSPS) is 22.5. The lowest BCUT2D eigenvalue weighted by molar-refractivity contribution is -0.165. The molecule has 0 bridgehead atoms. The van der Waals surface area contributed by atoms with Crippen molar-refractivity contribution in [3.8, 4) is 6.07 Å². The zero-order chi connectivity index (χ0) is 16.4. The quantitative estimate of drug-likeness (QED) is 0.881. The number of aliphatic carboxylic acids is 1. The molecule has 3 rings (SSSR count). The summed E-state index contributed by atoms with van der Waals surface area (Å²) in [5.41, 5.74) is 1.45. The summed E-state index contributed by atoms with van der Waals surface area (Å²) in [6, 6.07) is 8.31. The number of carbonyl (C=O) groups excluding carboxylic acids is 1. The van der Waals surface area contributed by atoms with E-state index in [0.29, 0.717) is 25.1 Å². The fourth-order valence-corrected chi connectivity index (χ4v) is 3.01. The molecule has 1 aromatic rings. The predicted octanol–water partition coefficient (Wildman–Crippen LogP) is 1.19. The molecule has 1 saturated carbocycles. The van der Waals surface area contributed by atoms with E-state index in [1.165, 1.54) is 4.90 Å². The number of ether oxygens (including phenoxy) is 1. The van der Waals surface area contributed by atoms with Crippen LogP contribution in [0.2, 0.25) is 0 Å². The highest BCUT2D eigenvalue weighted by Crippen LogP contribution is 2.36. The third kappa shape index (κ3) is 3.35. The fraction of sp³-hybridized carbons (Fsp3) is 0.471. The molecule has 2 aliphatic rings. The fourth-order valence-electron chi connectivity index (χ4n) is 3.01. The minimum absolute atomic E-state index is 0.0742. The summed E-state index contributed by atoms with van der Waals surface area (Å²) in [5.74, 6) is -1.11. The Morgan fingerprint density at radius 2 is 2.09 bits per heavy atom. The van der Waals surface area contributed by atoms with Crippen molar-refractivity contribution in [1.82, 2.24) is 4.90 Å². The van der Waals surface area contributed by atoms with E-state index in [1.807, 2.05) is 6.07 Å². The smallest absolute Gasteiger partial charge is 0.326 e. The van der Waals surface area contributed by atoms with Crippen LogP contribution in [0, 0.1) is 17.2 Å². The number of nitriles is 1. The standard InChI is InChI=1S/C17H18N2O4/c18-10-12-3-1-11(2-4-12)9-14-16(20)19(7-8-23-14)15(17(21)22)13-5-6-13/h1-4,13-15H,5-9H2,(H,21,22). The number of rotatable bonds is 5. The third-order valence-corrected chi connectivity index (χ3v) is 4.37. The number of carboxylic acids is 1. The second kappa shape index (κ2) is 6.39. The van der Waals surface area contributed by atoms with E-state index in [4.69, 9.17) is 10.00 Å². The number of carbonyl (C=O) groups is 2. The highest BCUT2D eigenvalue weighted by Gasteiger charge is 2.45. The lowest BCUT2D eigenvalue weighted by atomic mass is 10.0. The molecule has 0 radical (unpaired) electrons. The predicted molar refractivity (Wildman–Crippen MR) is 80.5 cm³/mol. The third-order valence-electron chi connectivity index (χ3n) is 4.37. The lowest BCUT2D eigenvalue weighted by Gasteiger charge is -2.36. The maximum atomic E-state index is 12.6. The molecular weight excluding hydrogens is 296 g/mol. The Kier molecular flexibility index (Phi) is 4.30. The Balaban J connectivity index is 1.71. The molecule has 2 atom stereocenters. The van der Waals surface area contributed by atoms with Gasteiger partial charge in [-0.25, -0.2) is 4.79 Å². The molecule has 2 fully saturated rings. The first kappa shape index (κ1) is 15.5. The Morgan fingerprint density at radius 1 is 1.39 bits per heavy atom. The lowest BCUT2D eigenvalue weighted by Crippen LogP contribution is -2.56. The van der Waals surface area contributed by atoms with Crippen molar-refractivity contribution in [3.05, 3.63) is 35.4 Å². The first-order valence-corrected chi connectivity index (χ1v) is 7.74. The van der Waals surface area contributed by atoms with Gasteiger partial charge in [-0.05, 0) is 36.5 Å². The van der Waals surface area contributed by atoms with Crippen molar-refractivity contribution in [3.63, 3.8) is 0 Å². The van der Waals surface area contributed by atoms with Crippen LogP contribution in [0.15, 0.2) is 24.3 Å². The van der Waals surface area contributed by atoms with Crippen LogP contribution in [-0.2, 0) is 20.7 Å². The highest BCUT2D eigenvalue weighted by atomic mass is 16.5. The van der Waals surface area contributed by atoms with Gasteiger partial charge in [0.15, 0.2) is 0 Å². The average Bonchev–Trinajstić information content (AvgIpc) is 3.36. The van der Waals surface area contributed by atoms with Crippen LogP contribution in [0.5, 0.6) is 0 Å².